The molecule has 0 bridgehead atoms. The Morgan fingerprint density at radius 2 is 0.333 bits per heavy atom. The molecule has 3 N–H and O–H groups in total. The van der Waals surface area contributed by atoms with E-state index in [0.29, 0.717) is 0 Å². The van der Waals surface area contributed by atoms with Crippen LogP contribution in [0.25, 0.3) is 0 Å². The van der Waals surface area contributed by atoms with E-state index in [4.69, 9.17) is 0 Å². The standard InChI is InChI=1S/3Ca.3H2O/h;;;3*1H2/q3*+2;;;/p-3. The maximum atomic E-state index is 0. The number of rotatable bonds is 0. The summed E-state index contributed by atoms with van der Waals surface area (Å²) in [6, 6.07) is 0. The van der Waals surface area contributed by atoms with E-state index >= 15 is 0 Å². The van der Waals surface area contributed by atoms with Crippen molar-refractivity contribution in [3.8, 4) is 0 Å². The fraction of sp³-hybridized carbons (Fsp3) is 0. The molecule has 0 fully saturated rings. The van der Waals surface area contributed by atoms with Gasteiger partial charge in [-0.25, -0.2) is 0 Å². The molecule has 6 heavy (non-hydrogen) atoms. The first-order valence-corrected chi connectivity index (χ1v) is 0. The Bertz CT molecular complexity index is 6.00. The zero-order valence-corrected chi connectivity index (χ0v) is 10.1. The Hall–Kier alpha value is 3.66. The molecule has 0 atom stereocenters. The molecule has 0 aliphatic rings. The molecule has 0 rings (SSSR count). The first-order chi connectivity index (χ1) is 0. The maximum absolute atomic E-state index is 0. The summed E-state index contributed by atoms with van der Waals surface area (Å²) in [5, 5.41) is 0. The molecule has 0 aromatic carbocycles. The summed E-state index contributed by atoms with van der Waals surface area (Å²) in [5.41, 5.74) is 0. The molecule has 0 radical (unpaired) electrons. The third-order valence-electron chi connectivity index (χ3n) is 0. The number of hydrogen-bond donors (Lipinski definition) is 0. The van der Waals surface area contributed by atoms with E-state index in [0.717, 1.165) is 0 Å². The van der Waals surface area contributed by atoms with E-state index in [1.807, 2.05) is 0 Å². The van der Waals surface area contributed by atoms with E-state index < -0.39 is 0 Å². The van der Waals surface area contributed by atoms with Gasteiger partial charge >= 0.3 is 113 Å². The molecule has 3 nitrogen and oxygen atoms in total. The van der Waals surface area contributed by atoms with Gasteiger partial charge in [-0.3, -0.25) is 0 Å². The molecule has 24 valence electrons. The van der Waals surface area contributed by atoms with Crippen LogP contribution in [-0.4, -0.2) is 130 Å². The topological polar surface area (TPSA) is 90.0 Å². The van der Waals surface area contributed by atoms with Crippen molar-refractivity contribution < 1.29 is 16.4 Å². The van der Waals surface area contributed by atoms with Gasteiger partial charge < -0.3 is 16.4 Å². The average molecular weight is 171 g/mol. The molecule has 0 saturated carbocycles. The van der Waals surface area contributed by atoms with E-state index in [9.17, 15) is 0 Å². The minimum atomic E-state index is 0. The number of hydrogen-bond acceptors (Lipinski definition) is 3. The van der Waals surface area contributed by atoms with Gasteiger partial charge in [0.25, 0.3) is 0 Å². The summed E-state index contributed by atoms with van der Waals surface area (Å²) in [6.45, 7) is 0. The van der Waals surface area contributed by atoms with Gasteiger partial charge in [0, 0.05) is 0 Å². The van der Waals surface area contributed by atoms with Gasteiger partial charge in [0.15, 0.2) is 0 Å². The van der Waals surface area contributed by atoms with Gasteiger partial charge in [0.05, 0.1) is 0 Å². The van der Waals surface area contributed by atoms with Crippen LogP contribution in [0.3, 0.4) is 0 Å². The zero-order valence-electron chi connectivity index (χ0n) is 3.46. The molecular formula is H3Ca3O3+3. The van der Waals surface area contributed by atoms with Crippen molar-refractivity contribution in [3.05, 3.63) is 0 Å². The predicted molar refractivity (Wildman–Crippen MR) is 23.1 cm³/mol. The Labute approximate surface area is 126 Å². The summed E-state index contributed by atoms with van der Waals surface area (Å²) in [5.74, 6) is 0. The Morgan fingerprint density at radius 1 is 0.333 bits per heavy atom. The fourth-order valence-corrected chi connectivity index (χ4v) is 0. The quantitative estimate of drug-likeness (QED) is 0.408. The zero-order chi connectivity index (χ0) is 0. The third-order valence-corrected chi connectivity index (χ3v) is 0. The molecule has 0 unspecified atom stereocenters. The molecular weight excluding hydrogens is 168 g/mol. The summed E-state index contributed by atoms with van der Waals surface area (Å²) in [4.78, 5) is 0. The molecule has 6 heteroatoms. The van der Waals surface area contributed by atoms with Crippen LogP contribution in [-0.2, 0) is 0 Å². The first-order valence-electron chi connectivity index (χ1n) is 0. The molecule has 0 spiro atoms. The minimum Gasteiger partial charge on any atom is -0.870 e. The van der Waals surface area contributed by atoms with Crippen molar-refractivity contribution in [3.63, 3.8) is 0 Å². The molecule has 0 aromatic rings. The van der Waals surface area contributed by atoms with Crippen molar-refractivity contribution in [2.24, 2.45) is 0 Å². The van der Waals surface area contributed by atoms with Crippen molar-refractivity contribution in [1.82, 2.24) is 0 Å². The largest absolute Gasteiger partial charge is 2.00 e. The van der Waals surface area contributed by atoms with Gasteiger partial charge in [-0.2, -0.15) is 0 Å². The normalized spacial score (nSPS) is 0. The minimum absolute atomic E-state index is 0. The van der Waals surface area contributed by atoms with Gasteiger partial charge in [-0.15, -0.1) is 0 Å². The Kier molecular flexibility index (Phi) is 342. The van der Waals surface area contributed by atoms with Crippen LogP contribution < -0.4 is 0 Å². The molecule has 0 aromatic heterocycles. The third kappa shape index (κ3) is 25.4. The average Bonchev–Trinajstić information content (AvgIpc) is 0. The van der Waals surface area contributed by atoms with Crippen LogP contribution in [0.1, 0.15) is 0 Å². The van der Waals surface area contributed by atoms with Crippen LogP contribution in [0.15, 0.2) is 0 Å². The van der Waals surface area contributed by atoms with Crippen molar-refractivity contribution in [1.29, 1.82) is 0 Å². The smallest absolute Gasteiger partial charge is 0.870 e. The van der Waals surface area contributed by atoms with E-state index in [1.165, 1.54) is 0 Å². The van der Waals surface area contributed by atoms with Crippen LogP contribution in [0.4, 0.5) is 0 Å². The Balaban J connectivity index is 0. The molecule has 0 aliphatic carbocycles. The summed E-state index contributed by atoms with van der Waals surface area (Å²) in [6.07, 6.45) is 0. The molecule has 0 saturated heterocycles. The van der Waals surface area contributed by atoms with Crippen LogP contribution in [0, 0.1) is 0 Å². The predicted octanol–water partition coefficient (Wildman–Crippen LogP) is -1.67. The van der Waals surface area contributed by atoms with Gasteiger partial charge in [0.1, 0.15) is 0 Å². The van der Waals surface area contributed by atoms with Crippen molar-refractivity contribution in [2.75, 3.05) is 0 Å². The molecule has 0 heterocycles. The van der Waals surface area contributed by atoms with Crippen molar-refractivity contribution in [2.45, 2.75) is 0 Å². The molecule has 0 amide bonds. The van der Waals surface area contributed by atoms with Gasteiger partial charge in [-0.1, -0.05) is 0 Å². The van der Waals surface area contributed by atoms with Gasteiger partial charge in [0.2, 0.25) is 0 Å². The molecule has 0 aliphatic heterocycles. The second kappa shape index (κ2) is 37.9. The maximum Gasteiger partial charge on any atom is 2.00 e. The second-order valence-electron chi connectivity index (χ2n) is 0. The van der Waals surface area contributed by atoms with Crippen LogP contribution in [0.5, 0.6) is 0 Å². The van der Waals surface area contributed by atoms with Gasteiger partial charge in [-0.05, 0) is 0 Å². The SMILES string of the molecule is [Ca+2].[Ca+2].[Ca+2].[OH-].[OH-].[OH-]. The monoisotopic (exact) mass is 171 g/mol. The second-order valence-corrected chi connectivity index (χ2v) is 0. The fourth-order valence-electron chi connectivity index (χ4n) is 0. The van der Waals surface area contributed by atoms with E-state index in [1.54, 1.807) is 0 Å². The van der Waals surface area contributed by atoms with Crippen molar-refractivity contribution >= 4 is 113 Å². The Morgan fingerprint density at radius 3 is 0.333 bits per heavy atom. The van der Waals surface area contributed by atoms with E-state index in [-0.39, 0.29) is 130 Å². The summed E-state index contributed by atoms with van der Waals surface area (Å²) in [7, 11) is 0. The summed E-state index contributed by atoms with van der Waals surface area (Å²) < 4.78 is 0. The van der Waals surface area contributed by atoms with Crippen LogP contribution >= 0.6 is 0 Å². The van der Waals surface area contributed by atoms with Crippen LogP contribution in [0.2, 0.25) is 0 Å². The first kappa shape index (κ1) is 54.1. The van der Waals surface area contributed by atoms with E-state index in [2.05, 4.69) is 0 Å². The summed E-state index contributed by atoms with van der Waals surface area (Å²) >= 11 is 0.